The summed E-state index contributed by atoms with van der Waals surface area (Å²) in [6.07, 6.45) is -0.490. The molecule has 5 nitrogen and oxygen atoms in total. The Kier molecular flexibility index (Phi) is 5.61. The van der Waals surface area contributed by atoms with Crippen LogP contribution in [0.4, 0.5) is 0 Å². The number of ether oxygens (including phenoxy) is 1. The van der Waals surface area contributed by atoms with Crippen molar-refractivity contribution in [3.63, 3.8) is 0 Å². The summed E-state index contributed by atoms with van der Waals surface area (Å²) in [7, 11) is 3.87. The van der Waals surface area contributed by atoms with Crippen LogP contribution in [0, 0.1) is 0 Å². The van der Waals surface area contributed by atoms with E-state index in [1.165, 1.54) is 0 Å². The molecule has 1 unspecified atom stereocenters. The second kappa shape index (κ2) is 5.93. The van der Waals surface area contributed by atoms with Gasteiger partial charge in [0.1, 0.15) is 6.23 Å². The fourth-order valence-electron chi connectivity index (χ4n) is 0.644. The van der Waals surface area contributed by atoms with E-state index in [9.17, 15) is 4.79 Å². The van der Waals surface area contributed by atoms with Gasteiger partial charge in [0.05, 0.1) is 13.0 Å². The molecule has 0 aromatic rings. The molecule has 5 heteroatoms. The first-order valence-electron chi connectivity index (χ1n) is 3.82. The maximum absolute atomic E-state index is 10.4. The van der Waals surface area contributed by atoms with Crippen molar-refractivity contribution in [3.8, 4) is 0 Å². The summed E-state index contributed by atoms with van der Waals surface area (Å²) in [5.74, 6) is -0.438. The average Bonchev–Trinajstić information content (AvgIpc) is 1.84. The van der Waals surface area contributed by atoms with Gasteiger partial charge in [0.2, 0.25) is 5.91 Å². The number of carbonyl (C=O) groups excluding carboxylic acids is 1. The first kappa shape index (κ1) is 11.4. The van der Waals surface area contributed by atoms with Crippen molar-refractivity contribution in [2.45, 2.75) is 12.6 Å². The molecule has 1 amide bonds. The van der Waals surface area contributed by atoms with E-state index in [-0.39, 0.29) is 6.42 Å². The highest BCUT2D eigenvalue weighted by Gasteiger charge is 2.05. The third kappa shape index (κ3) is 7.46. The number of amides is 1. The molecule has 0 fully saturated rings. The van der Waals surface area contributed by atoms with Crippen LogP contribution in [0.5, 0.6) is 0 Å². The van der Waals surface area contributed by atoms with Gasteiger partial charge in [-0.1, -0.05) is 0 Å². The van der Waals surface area contributed by atoms with Crippen LogP contribution in [0.15, 0.2) is 0 Å². The van der Waals surface area contributed by atoms with Gasteiger partial charge in [0.15, 0.2) is 0 Å². The molecule has 4 N–H and O–H groups in total. The zero-order valence-electron chi connectivity index (χ0n) is 7.62. The molecular weight excluding hydrogens is 158 g/mol. The predicted molar refractivity (Wildman–Crippen MR) is 46.3 cm³/mol. The van der Waals surface area contributed by atoms with Crippen LogP contribution in [0.3, 0.4) is 0 Å². The minimum absolute atomic E-state index is 0.0768. The fraction of sp³-hybridized carbons (Fsp3) is 0.857. The second-order valence-electron chi connectivity index (χ2n) is 2.88. The molecule has 0 saturated heterocycles. The first-order chi connectivity index (χ1) is 5.52. The van der Waals surface area contributed by atoms with Crippen LogP contribution >= 0.6 is 0 Å². The van der Waals surface area contributed by atoms with Crippen LogP contribution in [0.1, 0.15) is 6.42 Å². The lowest BCUT2D eigenvalue weighted by Gasteiger charge is -2.13. The van der Waals surface area contributed by atoms with Gasteiger partial charge >= 0.3 is 0 Å². The highest BCUT2D eigenvalue weighted by Crippen LogP contribution is 1.89. The molecule has 0 radical (unpaired) electrons. The van der Waals surface area contributed by atoms with Gasteiger partial charge in [-0.15, -0.1) is 0 Å². The van der Waals surface area contributed by atoms with Gasteiger partial charge in [-0.25, -0.2) is 0 Å². The van der Waals surface area contributed by atoms with E-state index in [1.54, 1.807) is 0 Å². The van der Waals surface area contributed by atoms with Crippen molar-refractivity contribution in [1.82, 2.24) is 4.90 Å². The van der Waals surface area contributed by atoms with Crippen LogP contribution in [0.2, 0.25) is 0 Å². The SMILES string of the molecule is CN(C)CCOC(N)CC(N)=O. The summed E-state index contributed by atoms with van der Waals surface area (Å²) in [5.41, 5.74) is 10.3. The minimum Gasteiger partial charge on any atom is -0.370 e. The predicted octanol–water partition coefficient (Wildman–Crippen LogP) is -1.28. The van der Waals surface area contributed by atoms with Crippen molar-refractivity contribution in [2.75, 3.05) is 27.2 Å². The molecule has 0 spiro atoms. The van der Waals surface area contributed by atoms with Crippen molar-refractivity contribution in [1.29, 1.82) is 0 Å². The molecule has 72 valence electrons. The summed E-state index contributed by atoms with van der Waals surface area (Å²) in [6, 6.07) is 0. The maximum atomic E-state index is 10.4. The summed E-state index contributed by atoms with van der Waals surface area (Å²) in [6.45, 7) is 1.30. The molecule has 0 aromatic carbocycles. The monoisotopic (exact) mass is 175 g/mol. The Bertz CT molecular complexity index is 139. The van der Waals surface area contributed by atoms with Gasteiger partial charge in [-0.05, 0) is 14.1 Å². The lowest BCUT2D eigenvalue weighted by atomic mass is 10.4. The normalized spacial score (nSPS) is 13.3. The molecule has 0 aliphatic heterocycles. The summed E-state index contributed by atoms with van der Waals surface area (Å²) >= 11 is 0. The van der Waals surface area contributed by atoms with Crippen LogP contribution in [-0.4, -0.2) is 44.3 Å². The molecular formula is C7H17N3O2. The highest BCUT2D eigenvalue weighted by molar-refractivity contribution is 5.74. The molecule has 0 saturated carbocycles. The zero-order valence-corrected chi connectivity index (χ0v) is 7.62. The van der Waals surface area contributed by atoms with Crippen molar-refractivity contribution in [3.05, 3.63) is 0 Å². The second-order valence-corrected chi connectivity index (χ2v) is 2.88. The Labute approximate surface area is 72.6 Å². The third-order valence-electron chi connectivity index (χ3n) is 1.27. The Balaban J connectivity index is 3.31. The number of primary amides is 1. The van der Waals surface area contributed by atoms with Gasteiger partial charge in [0, 0.05) is 6.54 Å². The lowest BCUT2D eigenvalue weighted by Crippen LogP contribution is -2.32. The standard InChI is InChI=1S/C7H17N3O2/c1-10(2)3-4-12-7(9)5-6(8)11/h7H,3-5,9H2,1-2H3,(H2,8,11). The smallest absolute Gasteiger partial charge is 0.221 e. The number of likely N-dealkylation sites (N-methyl/N-ethyl adjacent to an activating group) is 1. The number of nitrogens with two attached hydrogens (primary N) is 2. The van der Waals surface area contributed by atoms with E-state index < -0.39 is 12.1 Å². The van der Waals surface area contributed by atoms with Crippen LogP contribution in [-0.2, 0) is 9.53 Å². The number of hydrogen-bond donors (Lipinski definition) is 2. The van der Waals surface area contributed by atoms with Crippen LogP contribution < -0.4 is 11.5 Å². The molecule has 0 aliphatic rings. The van der Waals surface area contributed by atoms with E-state index in [0.29, 0.717) is 6.61 Å². The average molecular weight is 175 g/mol. The lowest BCUT2D eigenvalue weighted by molar-refractivity contribution is -0.120. The molecule has 12 heavy (non-hydrogen) atoms. The fourth-order valence-corrected chi connectivity index (χ4v) is 0.644. The van der Waals surface area contributed by atoms with Gasteiger partial charge in [0.25, 0.3) is 0 Å². The maximum Gasteiger partial charge on any atom is 0.221 e. The van der Waals surface area contributed by atoms with E-state index in [0.717, 1.165) is 6.54 Å². The van der Waals surface area contributed by atoms with Gasteiger partial charge < -0.3 is 21.1 Å². The first-order valence-corrected chi connectivity index (χ1v) is 3.82. The summed E-state index contributed by atoms with van der Waals surface area (Å²) in [5, 5.41) is 0. The van der Waals surface area contributed by atoms with E-state index in [2.05, 4.69) is 0 Å². The molecule has 0 aromatic heterocycles. The van der Waals surface area contributed by atoms with Gasteiger partial charge in [-0.2, -0.15) is 0 Å². The Morgan fingerprint density at radius 2 is 2.17 bits per heavy atom. The minimum atomic E-state index is -0.567. The quantitative estimate of drug-likeness (QED) is 0.493. The summed E-state index contributed by atoms with van der Waals surface area (Å²) < 4.78 is 5.10. The molecule has 0 rings (SSSR count). The van der Waals surface area contributed by atoms with Gasteiger partial charge in [-0.3, -0.25) is 4.79 Å². The summed E-state index contributed by atoms with van der Waals surface area (Å²) in [4.78, 5) is 12.3. The Hall–Kier alpha value is -0.650. The van der Waals surface area contributed by atoms with E-state index in [4.69, 9.17) is 16.2 Å². The van der Waals surface area contributed by atoms with Crippen LogP contribution in [0.25, 0.3) is 0 Å². The molecule has 0 aliphatic carbocycles. The number of hydrogen-bond acceptors (Lipinski definition) is 4. The zero-order chi connectivity index (χ0) is 9.56. The van der Waals surface area contributed by atoms with Crippen molar-refractivity contribution >= 4 is 5.91 Å². The molecule has 1 atom stereocenters. The number of nitrogens with zero attached hydrogens (tertiary/aromatic N) is 1. The molecule has 0 heterocycles. The number of carbonyl (C=O) groups is 1. The highest BCUT2D eigenvalue weighted by atomic mass is 16.5. The molecule has 0 bridgehead atoms. The third-order valence-corrected chi connectivity index (χ3v) is 1.27. The largest absolute Gasteiger partial charge is 0.370 e. The van der Waals surface area contributed by atoms with E-state index >= 15 is 0 Å². The van der Waals surface area contributed by atoms with Crippen molar-refractivity contribution in [2.24, 2.45) is 11.5 Å². The topological polar surface area (TPSA) is 81.6 Å². The van der Waals surface area contributed by atoms with Crippen molar-refractivity contribution < 1.29 is 9.53 Å². The number of rotatable bonds is 6. The Morgan fingerprint density at radius 3 is 2.58 bits per heavy atom. The Morgan fingerprint density at radius 1 is 1.58 bits per heavy atom. The van der Waals surface area contributed by atoms with E-state index in [1.807, 2.05) is 19.0 Å².